The highest BCUT2D eigenvalue weighted by atomic mass is 32.1. The molecule has 0 saturated carbocycles. The number of likely N-dealkylation sites (tertiary alicyclic amines) is 1. The fraction of sp³-hybridized carbons (Fsp3) is 0.369. The van der Waals surface area contributed by atoms with E-state index in [1.807, 2.05) is 28.7 Å². The van der Waals surface area contributed by atoms with Crippen molar-refractivity contribution < 1.29 is 44.1 Å². The maximum absolute atomic E-state index is 15.3. The van der Waals surface area contributed by atoms with Crippen molar-refractivity contribution in [2.24, 2.45) is 11.7 Å². The van der Waals surface area contributed by atoms with E-state index < -0.39 is 71.6 Å². The van der Waals surface area contributed by atoms with Crippen LogP contribution in [0, 0.1) is 12.8 Å². The molecule has 4 aliphatic heterocycles. The van der Waals surface area contributed by atoms with Crippen LogP contribution < -0.4 is 16.4 Å². The Kier molecular flexibility index (Phi) is 19.4. The van der Waals surface area contributed by atoms with Crippen molar-refractivity contribution in [2.75, 3.05) is 58.9 Å². The Morgan fingerprint density at radius 3 is 2.04 bits per heavy atom. The van der Waals surface area contributed by atoms with Crippen LogP contribution in [-0.4, -0.2) is 176 Å². The highest BCUT2D eigenvalue weighted by Crippen LogP contribution is 2.44. The van der Waals surface area contributed by atoms with E-state index in [1.54, 1.807) is 71.1 Å². The first-order chi connectivity index (χ1) is 45.5. The summed E-state index contributed by atoms with van der Waals surface area (Å²) in [4.78, 5) is 129. The predicted octanol–water partition coefficient (Wildman–Crippen LogP) is 8.42. The number of phenols is 1. The van der Waals surface area contributed by atoms with Gasteiger partial charge in [-0.25, -0.2) is 34.9 Å². The van der Waals surface area contributed by atoms with E-state index in [1.165, 1.54) is 82.1 Å². The molecule has 7 aromatic heterocycles. The van der Waals surface area contributed by atoms with Crippen LogP contribution in [-0.2, 0) is 16.0 Å². The maximum atomic E-state index is 15.3. The van der Waals surface area contributed by atoms with Gasteiger partial charge in [-0.15, -0.1) is 68.0 Å². The van der Waals surface area contributed by atoms with Gasteiger partial charge >= 0.3 is 0 Å². The average molecular weight is 1380 g/mol. The predicted molar refractivity (Wildman–Crippen MR) is 360 cm³/mol. The molecular formula is C65H66N14O9S6. The standard InChI is InChI=1S/C65H66N14O9S6/c1-34-50(82)28-79-54(34)63-73-47(32-93-63)61-70-44(29-91-61)53-39(15-16-41(67-53)60-74-48(33-92-60)64(87)78-23-21-77(22-24-78)20-19-76-17-7-4-8-18-76)58-71-45(30-89-58)56(85)68-42(27-51(66)83)62-75-52(35(2)94-62)49(81)26-40(55(84)37-9-5-3-6-10-37)59-72-46(31-90-59)57(86)69-43(65(79)88)25-36-11-13-38(80)14-12-36/h3,5-6,9-16,29-34,40,42-43,50,54-55,80,82,84H,4,7-8,17-28H2,1-2H3,(H2,66,83)(H,68,85)(H,69,86)/t34-,40-,42-,43-,50-,54-,55+/m0/s1. The highest BCUT2D eigenvalue weighted by Gasteiger charge is 2.46. The third kappa shape index (κ3) is 14.1. The molecule has 23 nitrogen and oxygen atoms in total. The molecule has 94 heavy (non-hydrogen) atoms. The number of benzene rings is 2. The second-order valence-corrected chi connectivity index (χ2v) is 29.5. The van der Waals surface area contributed by atoms with E-state index in [4.69, 9.17) is 40.6 Å². The number of piperidine rings is 1. The number of carbonyl (C=O) groups excluding carboxylic acids is 6. The number of rotatable bonds is 11. The molecular weight excluding hydrogens is 1310 g/mol. The van der Waals surface area contributed by atoms with E-state index in [-0.39, 0.29) is 64.6 Å². The van der Waals surface area contributed by atoms with Gasteiger partial charge in [-0.2, -0.15) is 0 Å². The molecule has 3 saturated heterocycles. The van der Waals surface area contributed by atoms with Crippen LogP contribution in [0.4, 0.5) is 0 Å². The Morgan fingerprint density at radius 1 is 0.649 bits per heavy atom. The van der Waals surface area contributed by atoms with Gasteiger partial charge in [0.1, 0.15) is 76.7 Å². The zero-order chi connectivity index (χ0) is 65.3. The van der Waals surface area contributed by atoms with Gasteiger partial charge in [0.25, 0.3) is 17.7 Å². The number of fused-ring (bicyclic) bond motifs is 16. The van der Waals surface area contributed by atoms with Crippen molar-refractivity contribution in [2.45, 2.75) is 88.6 Å². The third-order valence-electron chi connectivity index (χ3n) is 17.6. The van der Waals surface area contributed by atoms with Crippen LogP contribution in [0.15, 0.2) is 93.6 Å². The quantitative estimate of drug-likeness (QED) is 0.0707. The normalized spacial score (nSPS) is 21.4. The minimum atomic E-state index is -1.29. The summed E-state index contributed by atoms with van der Waals surface area (Å²) in [7, 11) is 0. The lowest BCUT2D eigenvalue weighted by atomic mass is 9.90. The topological polar surface area (TPSA) is 316 Å². The number of pyridine rings is 1. The van der Waals surface area contributed by atoms with E-state index in [0.29, 0.717) is 83.2 Å². The van der Waals surface area contributed by atoms with Gasteiger partial charge in [0.2, 0.25) is 11.8 Å². The fourth-order valence-electron chi connectivity index (χ4n) is 12.4. The largest absolute Gasteiger partial charge is 0.508 e. The second-order valence-electron chi connectivity index (χ2n) is 23.9. The number of aliphatic hydroxyl groups excluding tert-OH is 2. The summed E-state index contributed by atoms with van der Waals surface area (Å²) >= 11 is 7.25. The molecule has 2 aromatic carbocycles. The third-order valence-corrected chi connectivity index (χ3v) is 23.1. The van der Waals surface area contributed by atoms with Gasteiger partial charge in [0, 0.05) is 108 Å². The molecule has 11 heterocycles. The number of ketones is 1. The van der Waals surface area contributed by atoms with E-state index in [0.717, 1.165) is 61.9 Å². The van der Waals surface area contributed by atoms with Gasteiger partial charge in [0.05, 0.1) is 41.4 Å². The number of carbonyl (C=O) groups is 6. The zero-order valence-corrected chi connectivity index (χ0v) is 56.0. The van der Waals surface area contributed by atoms with Crippen molar-refractivity contribution >= 4 is 103 Å². The number of amides is 5. The van der Waals surface area contributed by atoms with Crippen LogP contribution in [0.1, 0.15) is 136 Å². The van der Waals surface area contributed by atoms with Crippen molar-refractivity contribution in [3.63, 3.8) is 0 Å². The van der Waals surface area contributed by atoms with Crippen molar-refractivity contribution in [3.05, 3.63) is 147 Å². The summed E-state index contributed by atoms with van der Waals surface area (Å²) < 4.78 is 0. The second kappa shape index (κ2) is 28.2. The summed E-state index contributed by atoms with van der Waals surface area (Å²) in [6.45, 7) is 10.5. The van der Waals surface area contributed by atoms with Crippen LogP contribution in [0.25, 0.3) is 43.4 Å². The number of thiazole rings is 6. The summed E-state index contributed by atoms with van der Waals surface area (Å²) in [6.07, 6.45) is 0.820. The van der Waals surface area contributed by atoms with Gasteiger partial charge < -0.3 is 46.4 Å². The first-order valence-electron chi connectivity index (χ1n) is 30.9. The number of aromatic hydroxyl groups is 1. The molecule has 0 radical (unpaired) electrons. The Labute approximate surface area is 564 Å². The molecule has 9 aromatic rings. The number of phenolic OH excluding ortho intramolecular Hbond substituents is 1. The van der Waals surface area contributed by atoms with Crippen molar-refractivity contribution in [3.8, 4) is 49.1 Å². The first kappa shape index (κ1) is 64.7. The van der Waals surface area contributed by atoms with Gasteiger partial charge in [-0.3, -0.25) is 33.7 Å². The smallest absolute Gasteiger partial charge is 0.273 e. The highest BCUT2D eigenvalue weighted by molar-refractivity contribution is 7.15. The Balaban J connectivity index is 0.856. The number of Topliss-reactive ketones (excluding diaryl/α,β-unsaturated/α-hetero) is 1. The van der Waals surface area contributed by atoms with Crippen molar-refractivity contribution in [1.29, 1.82) is 0 Å². The number of nitrogens with one attached hydrogen (secondary N) is 2. The molecule has 7 N–H and O–H groups in total. The number of hydrogen-bond donors (Lipinski definition) is 6. The summed E-state index contributed by atoms with van der Waals surface area (Å²) in [6, 6.07) is 15.6. The fourth-order valence-corrected chi connectivity index (χ4v) is 17.7. The molecule has 7 atom stereocenters. The molecule has 10 bridgehead atoms. The van der Waals surface area contributed by atoms with Gasteiger partial charge in [0.15, 0.2) is 5.78 Å². The van der Waals surface area contributed by atoms with Crippen LogP contribution >= 0.6 is 68.0 Å². The monoisotopic (exact) mass is 1380 g/mol. The Morgan fingerprint density at radius 2 is 1.29 bits per heavy atom. The molecule has 4 aliphatic rings. The lowest BCUT2D eigenvalue weighted by molar-refractivity contribution is -0.134. The molecule has 5 amide bonds. The van der Waals surface area contributed by atoms with Crippen LogP contribution in [0.2, 0.25) is 0 Å². The number of nitrogens with two attached hydrogens (primary N) is 1. The van der Waals surface area contributed by atoms with Gasteiger partial charge in [-0.1, -0.05) is 55.8 Å². The molecule has 3 fully saturated rings. The number of primary amides is 1. The lowest BCUT2D eigenvalue weighted by Crippen LogP contribution is -2.50. The van der Waals surface area contributed by atoms with Gasteiger partial charge in [-0.05, 0) is 68.2 Å². The lowest BCUT2D eigenvalue weighted by Gasteiger charge is -2.36. The number of aliphatic hydroxyl groups is 2. The van der Waals surface area contributed by atoms with Crippen LogP contribution in [0.5, 0.6) is 5.75 Å². The molecule has 0 unspecified atom stereocenters. The molecule has 0 spiro atoms. The molecule has 0 aliphatic carbocycles. The summed E-state index contributed by atoms with van der Waals surface area (Å²) in [5.41, 5.74) is 9.52. The number of aryl methyl sites for hydroxylation is 1. The minimum Gasteiger partial charge on any atom is -0.508 e. The van der Waals surface area contributed by atoms with Crippen molar-refractivity contribution in [1.82, 2.24) is 65.1 Å². The van der Waals surface area contributed by atoms with E-state index in [9.17, 15) is 39.3 Å². The summed E-state index contributed by atoms with van der Waals surface area (Å²) in [5.74, 6) is -4.75. The van der Waals surface area contributed by atoms with E-state index >= 15 is 4.79 Å². The first-order valence-corrected chi connectivity index (χ1v) is 36.1. The zero-order valence-electron chi connectivity index (χ0n) is 51.1. The Bertz CT molecular complexity index is 4270. The molecule has 486 valence electrons. The number of aromatic nitrogens is 7. The SMILES string of the molecule is Cc1sc2nc1C(=O)C[C@@H]([C@H](O)c1ccccc1)c1nc(cs1)C(=O)N[C@@H](Cc1ccc(O)cc1)C(=O)N1C[C@H](O)[C@H](C)[C@H]1c1nc(cs1)-c1nc(cs1)-c1nc(-c3nc(C(=O)N4CCN(CCN5CCCCC5)CC4)cs3)ccc1-c1nc(cs1)C(=O)N[C@H]2CC(N)=O. The minimum absolute atomic E-state index is 0.00979. The Hall–Kier alpha value is -7.97. The number of hydrogen-bond acceptors (Lipinski definition) is 24. The number of nitrogens with zero attached hydrogens (tertiary/aromatic N) is 11. The maximum Gasteiger partial charge on any atom is 0.273 e. The average Bonchev–Trinajstić information content (AvgIpc) is 1.62. The molecule has 13 rings (SSSR count). The number of piperazine rings is 1. The van der Waals surface area contributed by atoms with E-state index in [2.05, 4.69) is 20.4 Å². The van der Waals surface area contributed by atoms with Crippen LogP contribution in [0.3, 0.4) is 0 Å². The summed E-state index contributed by atoms with van der Waals surface area (Å²) in [5, 5.41) is 50.6. The molecule has 29 heteroatoms.